The molecule has 4 rings (SSSR count). The molecule has 11 heteroatoms. The molecule has 0 aliphatic heterocycles. The van der Waals surface area contributed by atoms with Crippen LogP contribution in [0.15, 0.2) is 47.1 Å². The minimum Gasteiger partial charge on any atom is -0.467 e. The monoisotopic (exact) mass is 426 g/mol. The molecular formula is C17H10ClF3N4O2S. The first kappa shape index (κ1) is 18.5. The number of carbonyl (C=O) groups excluding carboxylic acids is 1. The maximum absolute atomic E-state index is 13.5. The molecule has 0 aliphatic carbocycles. The number of nitrogens with zero attached hydrogens (tertiary/aromatic N) is 3. The number of amides is 1. The first-order valence-electron chi connectivity index (χ1n) is 7.85. The second-order valence-electron chi connectivity index (χ2n) is 5.69. The summed E-state index contributed by atoms with van der Waals surface area (Å²) in [6.07, 6.45) is -3.24. The van der Waals surface area contributed by atoms with Crippen LogP contribution in [0, 0.1) is 0 Å². The highest BCUT2D eigenvalue weighted by Crippen LogP contribution is 2.35. The van der Waals surface area contributed by atoms with Gasteiger partial charge in [-0.2, -0.15) is 18.3 Å². The Kier molecular flexibility index (Phi) is 4.60. The molecule has 0 unspecified atom stereocenters. The maximum Gasteiger partial charge on any atom is 0.433 e. The summed E-state index contributed by atoms with van der Waals surface area (Å²) in [6, 6.07) is 8.55. The third-order valence-electron chi connectivity index (χ3n) is 3.78. The fraction of sp³-hybridized carbons (Fsp3) is 0.118. The summed E-state index contributed by atoms with van der Waals surface area (Å²) in [5.74, 6) is -0.140. The molecule has 0 atom stereocenters. The van der Waals surface area contributed by atoms with Gasteiger partial charge in [-0.05, 0) is 30.3 Å². The van der Waals surface area contributed by atoms with Crippen LogP contribution in [0.1, 0.15) is 21.9 Å². The Bertz CT molecular complexity index is 1150. The first-order valence-corrected chi connectivity index (χ1v) is 9.05. The molecule has 28 heavy (non-hydrogen) atoms. The van der Waals surface area contributed by atoms with Crippen molar-refractivity contribution in [2.45, 2.75) is 12.7 Å². The van der Waals surface area contributed by atoms with Crippen LogP contribution >= 0.6 is 22.9 Å². The zero-order chi connectivity index (χ0) is 19.9. The van der Waals surface area contributed by atoms with Crippen molar-refractivity contribution in [1.29, 1.82) is 0 Å². The van der Waals surface area contributed by atoms with Crippen molar-refractivity contribution in [2.24, 2.45) is 0 Å². The topological polar surface area (TPSA) is 72.4 Å². The summed E-state index contributed by atoms with van der Waals surface area (Å²) < 4.78 is 46.8. The fourth-order valence-electron chi connectivity index (χ4n) is 2.54. The highest BCUT2D eigenvalue weighted by atomic mass is 35.5. The molecule has 0 radical (unpaired) electrons. The van der Waals surface area contributed by atoms with E-state index in [2.05, 4.69) is 15.4 Å². The standard InChI is InChI=1S/C17H10ClF3N4O2S/c18-14-4-3-12(28-14)10-6-13(17(19,20)21)25-15(23-10)7-11(24-25)16(26)22-8-9-2-1-5-27-9/h1-7H,8H2,(H,22,26). The molecule has 144 valence electrons. The van der Waals surface area contributed by atoms with E-state index in [0.29, 0.717) is 19.5 Å². The molecule has 0 aromatic carbocycles. The van der Waals surface area contributed by atoms with Gasteiger partial charge in [-0.15, -0.1) is 11.3 Å². The summed E-state index contributed by atoms with van der Waals surface area (Å²) in [7, 11) is 0. The lowest BCUT2D eigenvalue weighted by Gasteiger charge is -2.10. The molecule has 6 nitrogen and oxygen atoms in total. The van der Waals surface area contributed by atoms with Gasteiger partial charge in [-0.3, -0.25) is 4.79 Å². The lowest BCUT2D eigenvalue weighted by atomic mass is 10.2. The van der Waals surface area contributed by atoms with Crippen LogP contribution in [0.5, 0.6) is 0 Å². The molecule has 0 spiro atoms. The van der Waals surface area contributed by atoms with Crippen molar-refractivity contribution < 1.29 is 22.4 Å². The van der Waals surface area contributed by atoms with Crippen molar-refractivity contribution in [3.8, 4) is 10.6 Å². The molecule has 4 aromatic heterocycles. The lowest BCUT2D eigenvalue weighted by molar-refractivity contribution is -0.142. The van der Waals surface area contributed by atoms with E-state index >= 15 is 0 Å². The number of carbonyl (C=O) groups is 1. The van der Waals surface area contributed by atoms with E-state index in [9.17, 15) is 18.0 Å². The fourth-order valence-corrected chi connectivity index (χ4v) is 3.54. The highest BCUT2D eigenvalue weighted by Gasteiger charge is 2.35. The zero-order valence-electron chi connectivity index (χ0n) is 13.8. The smallest absolute Gasteiger partial charge is 0.433 e. The minimum atomic E-state index is -4.69. The van der Waals surface area contributed by atoms with Crippen molar-refractivity contribution in [1.82, 2.24) is 19.9 Å². The van der Waals surface area contributed by atoms with Crippen molar-refractivity contribution in [2.75, 3.05) is 0 Å². The molecule has 0 fully saturated rings. The van der Waals surface area contributed by atoms with Gasteiger partial charge >= 0.3 is 6.18 Å². The minimum absolute atomic E-state index is 0.0816. The summed E-state index contributed by atoms with van der Waals surface area (Å²) in [6.45, 7) is 0.0816. The average Bonchev–Trinajstić information content (AvgIpc) is 3.37. The molecular weight excluding hydrogens is 417 g/mol. The maximum atomic E-state index is 13.5. The van der Waals surface area contributed by atoms with Crippen molar-refractivity contribution in [3.05, 3.63) is 64.1 Å². The van der Waals surface area contributed by atoms with Gasteiger partial charge in [0, 0.05) is 6.07 Å². The first-order chi connectivity index (χ1) is 13.3. The van der Waals surface area contributed by atoms with E-state index in [-0.39, 0.29) is 23.6 Å². The van der Waals surface area contributed by atoms with E-state index in [1.807, 2.05) is 0 Å². The number of rotatable bonds is 4. The third-order valence-corrected chi connectivity index (χ3v) is 5.03. The van der Waals surface area contributed by atoms with Gasteiger partial charge in [-0.25, -0.2) is 9.50 Å². The number of nitrogens with one attached hydrogen (secondary N) is 1. The van der Waals surface area contributed by atoms with Crippen molar-refractivity contribution in [3.63, 3.8) is 0 Å². The molecule has 0 saturated heterocycles. The predicted molar refractivity (Wildman–Crippen MR) is 96.2 cm³/mol. The van der Waals surface area contributed by atoms with Gasteiger partial charge in [-0.1, -0.05) is 11.6 Å². The SMILES string of the molecule is O=C(NCc1ccco1)c1cc2nc(-c3ccc(Cl)s3)cc(C(F)(F)F)n2n1. The van der Waals surface area contributed by atoms with Crippen LogP contribution in [-0.2, 0) is 12.7 Å². The van der Waals surface area contributed by atoms with Crippen LogP contribution in [0.4, 0.5) is 13.2 Å². The van der Waals surface area contributed by atoms with Gasteiger partial charge in [0.2, 0.25) is 0 Å². The molecule has 1 N–H and O–H groups in total. The number of hydrogen-bond donors (Lipinski definition) is 1. The van der Waals surface area contributed by atoms with Crippen LogP contribution in [0.3, 0.4) is 0 Å². The number of alkyl halides is 3. The molecule has 4 heterocycles. The lowest BCUT2D eigenvalue weighted by Crippen LogP contribution is -2.23. The number of fused-ring (bicyclic) bond motifs is 1. The molecule has 0 saturated carbocycles. The summed E-state index contributed by atoms with van der Waals surface area (Å²) in [5.41, 5.74) is -1.23. The quantitative estimate of drug-likeness (QED) is 0.515. The predicted octanol–water partition coefficient (Wildman–Crippen LogP) is 4.65. The number of aromatic nitrogens is 3. The number of hydrogen-bond acceptors (Lipinski definition) is 5. The number of thiophene rings is 1. The average molecular weight is 427 g/mol. The van der Waals surface area contributed by atoms with Crippen LogP contribution in [0.2, 0.25) is 4.34 Å². The Morgan fingerprint density at radius 3 is 2.75 bits per heavy atom. The second kappa shape index (κ2) is 6.95. The largest absolute Gasteiger partial charge is 0.467 e. The zero-order valence-corrected chi connectivity index (χ0v) is 15.4. The van der Waals surface area contributed by atoms with E-state index in [1.165, 1.54) is 12.3 Å². The van der Waals surface area contributed by atoms with Gasteiger partial charge < -0.3 is 9.73 Å². The van der Waals surface area contributed by atoms with Crippen LogP contribution < -0.4 is 5.32 Å². The number of halogens is 4. The molecule has 1 amide bonds. The third kappa shape index (κ3) is 3.60. The van der Waals surface area contributed by atoms with E-state index in [1.54, 1.807) is 24.3 Å². The Morgan fingerprint density at radius 2 is 2.11 bits per heavy atom. The second-order valence-corrected chi connectivity index (χ2v) is 7.40. The van der Waals surface area contributed by atoms with Crippen molar-refractivity contribution >= 4 is 34.5 Å². The normalized spacial score (nSPS) is 11.9. The van der Waals surface area contributed by atoms with Gasteiger partial charge in [0.25, 0.3) is 5.91 Å². The Labute approximate surface area is 164 Å². The van der Waals surface area contributed by atoms with Crippen LogP contribution in [0.25, 0.3) is 16.2 Å². The van der Waals surface area contributed by atoms with E-state index in [4.69, 9.17) is 16.0 Å². The highest BCUT2D eigenvalue weighted by molar-refractivity contribution is 7.19. The molecule has 0 bridgehead atoms. The van der Waals surface area contributed by atoms with E-state index < -0.39 is 17.8 Å². The van der Waals surface area contributed by atoms with Gasteiger partial charge in [0.1, 0.15) is 5.76 Å². The Balaban J connectivity index is 1.73. The van der Waals surface area contributed by atoms with E-state index in [0.717, 1.165) is 17.4 Å². The number of furan rings is 1. The Hall–Kier alpha value is -2.85. The van der Waals surface area contributed by atoms with Gasteiger partial charge in [0.05, 0.1) is 27.7 Å². The molecule has 4 aromatic rings. The Morgan fingerprint density at radius 1 is 1.29 bits per heavy atom. The summed E-state index contributed by atoms with van der Waals surface area (Å²) in [5, 5.41) is 6.33. The van der Waals surface area contributed by atoms with Gasteiger partial charge in [0.15, 0.2) is 17.0 Å². The molecule has 0 aliphatic rings. The summed E-state index contributed by atoms with van der Waals surface area (Å²) >= 11 is 6.98. The summed E-state index contributed by atoms with van der Waals surface area (Å²) in [4.78, 5) is 17.0. The van der Waals surface area contributed by atoms with Crippen LogP contribution in [-0.4, -0.2) is 20.5 Å².